The number of aryl methyl sites for hydroxylation is 2. The van der Waals surface area contributed by atoms with Crippen molar-refractivity contribution >= 4 is 23.4 Å². The van der Waals surface area contributed by atoms with Crippen molar-refractivity contribution in [3.63, 3.8) is 0 Å². The monoisotopic (exact) mass is 417 g/mol. The second kappa shape index (κ2) is 8.80. The smallest absolute Gasteiger partial charge is 0.255 e. The number of ether oxygens (including phenoxy) is 2. The molecule has 1 aliphatic heterocycles. The number of halogens is 1. The predicted molar refractivity (Wildman–Crippen MR) is 109 cm³/mol. The van der Waals surface area contributed by atoms with Gasteiger partial charge in [0, 0.05) is 23.5 Å². The highest BCUT2D eigenvalue weighted by atomic mass is 35.5. The van der Waals surface area contributed by atoms with E-state index in [1.807, 2.05) is 13.0 Å². The van der Waals surface area contributed by atoms with Gasteiger partial charge in [-0.3, -0.25) is 14.6 Å². The van der Waals surface area contributed by atoms with E-state index in [2.05, 4.69) is 4.98 Å². The summed E-state index contributed by atoms with van der Waals surface area (Å²) in [6.45, 7) is 4.62. The summed E-state index contributed by atoms with van der Waals surface area (Å²) in [6, 6.07) is 8.77. The molecule has 2 N–H and O–H groups in total. The number of primary amides is 1. The van der Waals surface area contributed by atoms with Crippen molar-refractivity contribution in [2.24, 2.45) is 5.73 Å². The van der Waals surface area contributed by atoms with Gasteiger partial charge in [0.05, 0.1) is 25.1 Å². The van der Waals surface area contributed by atoms with Crippen LogP contribution >= 0.6 is 11.6 Å². The second-order valence-electron chi connectivity index (χ2n) is 7.24. The summed E-state index contributed by atoms with van der Waals surface area (Å²) in [5.74, 6) is -0.0753. The molecule has 1 aliphatic rings. The lowest BCUT2D eigenvalue weighted by Gasteiger charge is -2.42. The Morgan fingerprint density at radius 2 is 2.14 bits per heavy atom. The number of rotatable bonds is 6. The lowest BCUT2D eigenvalue weighted by atomic mass is 9.96. The molecular formula is C21H24ClN3O4. The average Bonchev–Trinajstić information content (AvgIpc) is 2.68. The predicted octanol–water partition coefficient (Wildman–Crippen LogP) is 2.52. The molecule has 29 heavy (non-hydrogen) atoms. The van der Waals surface area contributed by atoms with Crippen LogP contribution in [0.15, 0.2) is 36.5 Å². The molecule has 2 heterocycles. The Hall–Kier alpha value is -2.64. The number of hydrogen-bond acceptors (Lipinski definition) is 5. The van der Waals surface area contributed by atoms with E-state index in [1.165, 1.54) is 0 Å². The standard InChI is InChI=1S/C21H24ClN3O4/c1-14-10-16(5-6-18(14)22)28-13-21(11-19(23)26)12-25(8-9-29-21)20(27)17-4-3-7-24-15(17)2/h3-7,10H,8-9,11-13H2,1-2H3,(H2,23,26). The summed E-state index contributed by atoms with van der Waals surface area (Å²) in [4.78, 5) is 30.6. The van der Waals surface area contributed by atoms with Crippen molar-refractivity contribution in [1.82, 2.24) is 9.88 Å². The fourth-order valence-electron chi connectivity index (χ4n) is 3.38. The first kappa shape index (κ1) is 21.1. The molecule has 0 bridgehead atoms. The van der Waals surface area contributed by atoms with Gasteiger partial charge in [-0.2, -0.15) is 0 Å². The Morgan fingerprint density at radius 1 is 1.34 bits per heavy atom. The third-order valence-corrected chi connectivity index (χ3v) is 5.32. The van der Waals surface area contributed by atoms with E-state index < -0.39 is 11.5 Å². The number of morpholine rings is 1. The van der Waals surface area contributed by atoms with Gasteiger partial charge in [0.2, 0.25) is 5.91 Å². The number of hydrogen-bond donors (Lipinski definition) is 1. The SMILES string of the molecule is Cc1cc(OCC2(CC(N)=O)CN(C(=O)c3cccnc3C)CCO2)ccc1Cl. The minimum Gasteiger partial charge on any atom is -0.490 e. The molecule has 1 saturated heterocycles. The van der Waals surface area contributed by atoms with Gasteiger partial charge in [-0.1, -0.05) is 11.6 Å². The zero-order valence-corrected chi connectivity index (χ0v) is 17.2. The first-order chi connectivity index (χ1) is 13.8. The molecule has 0 spiro atoms. The highest BCUT2D eigenvalue weighted by Gasteiger charge is 2.41. The molecule has 0 radical (unpaired) electrons. The molecule has 1 aromatic carbocycles. The van der Waals surface area contributed by atoms with E-state index in [-0.39, 0.29) is 32.1 Å². The van der Waals surface area contributed by atoms with Gasteiger partial charge in [0.15, 0.2) is 0 Å². The van der Waals surface area contributed by atoms with Gasteiger partial charge in [0.1, 0.15) is 18.0 Å². The third kappa shape index (κ3) is 5.05. The molecule has 0 saturated carbocycles. The van der Waals surface area contributed by atoms with E-state index >= 15 is 0 Å². The molecule has 3 rings (SSSR count). The number of aromatic nitrogens is 1. The van der Waals surface area contributed by atoms with Crippen molar-refractivity contribution in [3.8, 4) is 5.75 Å². The molecule has 0 aliphatic carbocycles. The summed E-state index contributed by atoms with van der Waals surface area (Å²) in [7, 11) is 0. The van der Waals surface area contributed by atoms with Gasteiger partial charge in [-0.15, -0.1) is 0 Å². The minimum absolute atomic E-state index is 0.0601. The van der Waals surface area contributed by atoms with Crippen molar-refractivity contribution in [3.05, 3.63) is 58.4 Å². The number of pyridine rings is 1. The van der Waals surface area contributed by atoms with Gasteiger partial charge in [-0.05, 0) is 49.7 Å². The minimum atomic E-state index is -1.02. The summed E-state index contributed by atoms with van der Waals surface area (Å²) >= 11 is 6.06. The Bertz CT molecular complexity index is 921. The Kier molecular flexibility index (Phi) is 6.39. The number of carbonyl (C=O) groups excluding carboxylic acids is 2. The molecule has 7 nitrogen and oxygen atoms in total. The summed E-state index contributed by atoms with van der Waals surface area (Å²) in [6.07, 6.45) is 1.58. The highest BCUT2D eigenvalue weighted by molar-refractivity contribution is 6.31. The summed E-state index contributed by atoms with van der Waals surface area (Å²) in [5.41, 5.74) is 6.50. The van der Waals surface area contributed by atoms with Crippen LogP contribution in [0.5, 0.6) is 5.75 Å². The van der Waals surface area contributed by atoms with Crippen LogP contribution in [0.2, 0.25) is 5.02 Å². The molecule has 2 amide bonds. The Labute approximate surface area is 174 Å². The van der Waals surface area contributed by atoms with E-state index in [0.717, 1.165) is 5.56 Å². The van der Waals surface area contributed by atoms with Gasteiger partial charge in [-0.25, -0.2) is 0 Å². The first-order valence-electron chi connectivity index (χ1n) is 9.32. The molecule has 1 atom stereocenters. The molecule has 154 valence electrons. The van der Waals surface area contributed by atoms with Crippen molar-refractivity contribution < 1.29 is 19.1 Å². The maximum absolute atomic E-state index is 13.0. The fraction of sp³-hybridized carbons (Fsp3) is 0.381. The number of nitrogens with two attached hydrogens (primary N) is 1. The fourth-order valence-corrected chi connectivity index (χ4v) is 3.50. The molecule has 1 fully saturated rings. The summed E-state index contributed by atoms with van der Waals surface area (Å²) < 4.78 is 11.8. The molecule has 1 unspecified atom stereocenters. The summed E-state index contributed by atoms with van der Waals surface area (Å²) in [5, 5.41) is 0.640. The normalized spacial score (nSPS) is 19.1. The van der Waals surface area contributed by atoms with Crippen molar-refractivity contribution in [1.29, 1.82) is 0 Å². The number of amides is 2. The number of benzene rings is 1. The van der Waals surface area contributed by atoms with Gasteiger partial charge in [0.25, 0.3) is 5.91 Å². The maximum Gasteiger partial charge on any atom is 0.255 e. The van der Waals surface area contributed by atoms with Crippen LogP contribution < -0.4 is 10.5 Å². The lowest BCUT2D eigenvalue weighted by molar-refractivity contribution is -0.142. The first-order valence-corrected chi connectivity index (χ1v) is 9.69. The van der Waals surface area contributed by atoms with Crippen LogP contribution in [0.1, 0.15) is 28.0 Å². The lowest BCUT2D eigenvalue weighted by Crippen LogP contribution is -2.58. The molecular weight excluding hydrogens is 394 g/mol. The quantitative estimate of drug-likeness (QED) is 0.779. The van der Waals surface area contributed by atoms with E-state index in [9.17, 15) is 9.59 Å². The molecule has 1 aromatic heterocycles. The van der Waals surface area contributed by atoms with E-state index in [4.69, 9.17) is 26.8 Å². The van der Waals surface area contributed by atoms with Gasteiger partial charge >= 0.3 is 0 Å². The second-order valence-corrected chi connectivity index (χ2v) is 7.64. The highest BCUT2D eigenvalue weighted by Crippen LogP contribution is 2.27. The van der Waals surface area contributed by atoms with Crippen LogP contribution in [0.25, 0.3) is 0 Å². The van der Waals surface area contributed by atoms with Crippen LogP contribution in [-0.2, 0) is 9.53 Å². The van der Waals surface area contributed by atoms with Crippen LogP contribution in [-0.4, -0.2) is 53.6 Å². The molecule has 8 heteroatoms. The Balaban J connectivity index is 1.79. The van der Waals surface area contributed by atoms with Crippen molar-refractivity contribution in [2.75, 3.05) is 26.3 Å². The largest absolute Gasteiger partial charge is 0.490 e. The third-order valence-electron chi connectivity index (χ3n) is 4.90. The zero-order valence-electron chi connectivity index (χ0n) is 16.5. The van der Waals surface area contributed by atoms with E-state index in [0.29, 0.717) is 28.6 Å². The zero-order chi connectivity index (χ0) is 21.0. The van der Waals surface area contributed by atoms with E-state index in [1.54, 1.807) is 42.3 Å². The van der Waals surface area contributed by atoms with Crippen LogP contribution in [0.4, 0.5) is 0 Å². The molecule has 2 aromatic rings. The van der Waals surface area contributed by atoms with Crippen molar-refractivity contribution in [2.45, 2.75) is 25.9 Å². The topological polar surface area (TPSA) is 94.8 Å². The van der Waals surface area contributed by atoms with Crippen LogP contribution in [0, 0.1) is 13.8 Å². The van der Waals surface area contributed by atoms with Gasteiger partial charge < -0.3 is 20.1 Å². The van der Waals surface area contributed by atoms with Crippen LogP contribution in [0.3, 0.4) is 0 Å². The maximum atomic E-state index is 13.0. The number of nitrogens with zero attached hydrogens (tertiary/aromatic N) is 2. The average molecular weight is 418 g/mol. The Morgan fingerprint density at radius 3 is 2.83 bits per heavy atom. The number of carbonyl (C=O) groups is 2.